The summed E-state index contributed by atoms with van der Waals surface area (Å²) in [5.74, 6) is 0. The summed E-state index contributed by atoms with van der Waals surface area (Å²) in [6.45, 7) is 5.08. The Kier molecular flexibility index (Phi) is 7.92. The molecule has 1 aliphatic carbocycles. The third-order valence-corrected chi connectivity index (χ3v) is 4.60. The van der Waals surface area contributed by atoms with Crippen molar-refractivity contribution in [1.82, 2.24) is 4.90 Å². The number of hydrogen-bond acceptors (Lipinski definition) is 3. The minimum Gasteiger partial charge on any atom is -0.395 e. The summed E-state index contributed by atoms with van der Waals surface area (Å²) < 4.78 is 6.25. The SMILES string of the molecule is CCCN(CCO)[C@@H]1CCCC[C@H]1OCCc1ccccc1. The van der Waals surface area contributed by atoms with Gasteiger partial charge in [0.25, 0.3) is 0 Å². The molecule has 0 saturated heterocycles. The van der Waals surface area contributed by atoms with Crippen molar-refractivity contribution in [1.29, 1.82) is 0 Å². The molecule has 2 atom stereocenters. The van der Waals surface area contributed by atoms with Gasteiger partial charge in [-0.05, 0) is 37.8 Å². The van der Waals surface area contributed by atoms with E-state index in [1.807, 2.05) is 0 Å². The van der Waals surface area contributed by atoms with Crippen molar-refractivity contribution in [3.05, 3.63) is 35.9 Å². The fraction of sp³-hybridized carbons (Fsp3) is 0.684. The fourth-order valence-electron chi connectivity index (χ4n) is 3.52. The number of ether oxygens (including phenoxy) is 1. The van der Waals surface area contributed by atoms with Crippen LogP contribution in [0, 0.1) is 0 Å². The van der Waals surface area contributed by atoms with E-state index in [0.29, 0.717) is 12.1 Å². The van der Waals surface area contributed by atoms with Gasteiger partial charge in [-0.1, -0.05) is 50.1 Å². The zero-order chi connectivity index (χ0) is 15.6. The number of rotatable bonds is 9. The van der Waals surface area contributed by atoms with Crippen molar-refractivity contribution >= 4 is 0 Å². The van der Waals surface area contributed by atoms with Crippen LogP contribution in [0.5, 0.6) is 0 Å². The van der Waals surface area contributed by atoms with Gasteiger partial charge < -0.3 is 9.84 Å². The van der Waals surface area contributed by atoms with Gasteiger partial charge in [0.1, 0.15) is 0 Å². The Balaban J connectivity index is 1.85. The Morgan fingerprint density at radius 2 is 1.91 bits per heavy atom. The van der Waals surface area contributed by atoms with Crippen LogP contribution in [-0.4, -0.2) is 48.5 Å². The van der Waals surface area contributed by atoms with Crippen molar-refractivity contribution in [3.8, 4) is 0 Å². The first kappa shape index (κ1) is 17.5. The van der Waals surface area contributed by atoms with Gasteiger partial charge >= 0.3 is 0 Å². The van der Waals surface area contributed by atoms with E-state index in [-0.39, 0.29) is 6.61 Å². The van der Waals surface area contributed by atoms with Gasteiger partial charge in [-0.2, -0.15) is 0 Å². The van der Waals surface area contributed by atoms with E-state index in [2.05, 4.69) is 42.2 Å². The molecule has 1 aromatic carbocycles. The molecular weight excluding hydrogens is 274 g/mol. The van der Waals surface area contributed by atoms with Gasteiger partial charge in [-0.25, -0.2) is 0 Å². The van der Waals surface area contributed by atoms with E-state index in [1.165, 1.54) is 24.8 Å². The summed E-state index contributed by atoms with van der Waals surface area (Å²) >= 11 is 0. The van der Waals surface area contributed by atoms with Crippen LogP contribution < -0.4 is 0 Å². The maximum absolute atomic E-state index is 9.32. The average molecular weight is 305 g/mol. The molecule has 0 amide bonds. The molecule has 3 nitrogen and oxygen atoms in total. The Morgan fingerprint density at radius 1 is 1.14 bits per heavy atom. The van der Waals surface area contributed by atoms with E-state index < -0.39 is 0 Å². The van der Waals surface area contributed by atoms with Gasteiger partial charge in [-0.15, -0.1) is 0 Å². The normalized spacial score (nSPS) is 22.1. The van der Waals surface area contributed by atoms with Gasteiger partial charge in [0.05, 0.1) is 19.3 Å². The molecule has 124 valence electrons. The number of nitrogens with zero attached hydrogens (tertiary/aromatic N) is 1. The van der Waals surface area contributed by atoms with Gasteiger partial charge in [0.15, 0.2) is 0 Å². The van der Waals surface area contributed by atoms with E-state index in [4.69, 9.17) is 4.74 Å². The summed E-state index contributed by atoms with van der Waals surface area (Å²) in [5.41, 5.74) is 1.34. The minimum atomic E-state index is 0.243. The number of aliphatic hydroxyl groups excluding tert-OH is 1. The van der Waals surface area contributed by atoms with E-state index in [1.54, 1.807) is 0 Å². The highest BCUT2D eigenvalue weighted by atomic mass is 16.5. The van der Waals surface area contributed by atoms with Crippen LogP contribution in [0.1, 0.15) is 44.6 Å². The molecule has 3 heteroatoms. The van der Waals surface area contributed by atoms with Crippen LogP contribution in [0.25, 0.3) is 0 Å². The quantitative estimate of drug-likeness (QED) is 0.760. The Morgan fingerprint density at radius 3 is 2.64 bits per heavy atom. The second-order valence-corrected chi connectivity index (χ2v) is 6.26. The maximum Gasteiger partial charge on any atom is 0.0730 e. The molecule has 0 spiro atoms. The number of benzene rings is 1. The van der Waals surface area contributed by atoms with E-state index in [0.717, 1.165) is 39.0 Å². The first-order valence-electron chi connectivity index (χ1n) is 8.85. The predicted molar refractivity (Wildman–Crippen MR) is 91.1 cm³/mol. The minimum absolute atomic E-state index is 0.243. The summed E-state index contributed by atoms with van der Waals surface area (Å²) in [6, 6.07) is 11.0. The monoisotopic (exact) mass is 305 g/mol. The molecule has 1 aromatic rings. The zero-order valence-electron chi connectivity index (χ0n) is 13.9. The highest BCUT2D eigenvalue weighted by Crippen LogP contribution is 2.26. The molecule has 1 fully saturated rings. The Bertz CT molecular complexity index is 390. The highest BCUT2D eigenvalue weighted by Gasteiger charge is 2.30. The number of hydrogen-bond donors (Lipinski definition) is 1. The topological polar surface area (TPSA) is 32.7 Å². The molecular formula is C19H31NO2. The summed E-state index contributed by atoms with van der Waals surface area (Å²) in [4.78, 5) is 2.44. The lowest BCUT2D eigenvalue weighted by Gasteiger charge is -2.39. The summed E-state index contributed by atoms with van der Waals surface area (Å²) in [7, 11) is 0. The van der Waals surface area contributed by atoms with Crippen molar-refractivity contribution in [2.45, 2.75) is 57.6 Å². The predicted octanol–water partition coefficient (Wildman–Crippen LogP) is 3.26. The Labute approximate surface area is 135 Å². The molecule has 0 bridgehead atoms. The molecule has 0 heterocycles. The lowest BCUT2D eigenvalue weighted by Crippen LogP contribution is -2.48. The van der Waals surface area contributed by atoms with Crippen molar-refractivity contribution in [3.63, 3.8) is 0 Å². The largest absolute Gasteiger partial charge is 0.395 e. The molecule has 1 aliphatic rings. The van der Waals surface area contributed by atoms with Crippen LogP contribution in [-0.2, 0) is 11.2 Å². The zero-order valence-corrected chi connectivity index (χ0v) is 13.9. The van der Waals surface area contributed by atoms with Gasteiger partial charge in [-0.3, -0.25) is 4.90 Å². The van der Waals surface area contributed by atoms with Crippen LogP contribution in [0.4, 0.5) is 0 Å². The standard InChI is InChI=1S/C19H31NO2/c1-2-13-20(14-15-21)18-10-6-7-11-19(18)22-16-12-17-8-4-3-5-9-17/h3-5,8-9,18-19,21H,2,6-7,10-16H2,1H3/t18-,19-/m1/s1. The fourth-order valence-corrected chi connectivity index (χ4v) is 3.52. The van der Waals surface area contributed by atoms with Crippen LogP contribution in [0.2, 0.25) is 0 Å². The third-order valence-electron chi connectivity index (χ3n) is 4.60. The lowest BCUT2D eigenvalue weighted by molar-refractivity contribution is -0.0386. The molecule has 1 N–H and O–H groups in total. The first-order chi connectivity index (χ1) is 10.8. The smallest absolute Gasteiger partial charge is 0.0730 e. The average Bonchev–Trinajstić information content (AvgIpc) is 2.56. The van der Waals surface area contributed by atoms with Crippen LogP contribution >= 0.6 is 0 Å². The second-order valence-electron chi connectivity index (χ2n) is 6.26. The van der Waals surface area contributed by atoms with E-state index in [9.17, 15) is 5.11 Å². The van der Waals surface area contributed by atoms with Crippen molar-refractivity contribution < 1.29 is 9.84 Å². The summed E-state index contributed by atoms with van der Waals surface area (Å²) in [6.07, 6.45) is 7.36. The molecule has 0 radical (unpaired) electrons. The molecule has 0 aliphatic heterocycles. The van der Waals surface area contributed by atoms with Crippen molar-refractivity contribution in [2.24, 2.45) is 0 Å². The van der Waals surface area contributed by atoms with Crippen molar-refractivity contribution in [2.75, 3.05) is 26.3 Å². The Hall–Kier alpha value is -0.900. The van der Waals surface area contributed by atoms with Gasteiger partial charge in [0, 0.05) is 12.6 Å². The van der Waals surface area contributed by atoms with E-state index >= 15 is 0 Å². The van der Waals surface area contributed by atoms with Gasteiger partial charge in [0.2, 0.25) is 0 Å². The molecule has 0 unspecified atom stereocenters. The molecule has 22 heavy (non-hydrogen) atoms. The first-order valence-corrected chi connectivity index (χ1v) is 8.85. The molecule has 1 saturated carbocycles. The summed E-state index contributed by atoms with van der Waals surface area (Å²) in [5, 5.41) is 9.32. The third kappa shape index (κ3) is 5.38. The van der Waals surface area contributed by atoms with Crippen LogP contribution in [0.15, 0.2) is 30.3 Å². The maximum atomic E-state index is 9.32. The molecule has 2 rings (SSSR count). The lowest BCUT2D eigenvalue weighted by atomic mass is 9.91. The number of aliphatic hydroxyl groups is 1. The van der Waals surface area contributed by atoms with Crippen LogP contribution in [0.3, 0.4) is 0 Å². The molecule has 0 aromatic heterocycles. The highest BCUT2D eigenvalue weighted by molar-refractivity contribution is 5.14. The second kappa shape index (κ2) is 9.98.